The third kappa shape index (κ3) is 8.64. The van der Waals surface area contributed by atoms with Gasteiger partial charge in [-0.3, -0.25) is 4.90 Å². The fourth-order valence-corrected chi connectivity index (χ4v) is 5.30. The normalized spacial score (nSPS) is 14.8. The summed E-state index contributed by atoms with van der Waals surface area (Å²) >= 11 is 0. The molecule has 4 aromatic carbocycles. The molecule has 0 saturated carbocycles. The predicted molar refractivity (Wildman–Crippen MR) is 177 cm³/mol. The Morgan fingerprint density at radius 2 is 1.41 bits per heavy atom. The van der Waals surface area contributed by atoms with Gasteiger partial charge in [0.2, 0.25) is 5.60 Å². The number of aliphatic hydroxyl groups is 1. The minimum atomic E-state index is -2.03. The van der Waals surface area contributed by atoms with E-state index in [0.29, 0.717) is 22.4 Å². The van der Waals surface area contributed by atoms with Crippen molar-refractivity contribution in [3.05, 3.63) is 137 Å². The lowest BCUT2D eigenvalue weighted by Crippen LogP contribution is -2.40. The van der Waals surface area contributed by atoms with Crippen LogP contribution in [0.15, 0.2) is 109 Å². The first kappa shape index (κ1) is 34.7. The van der Waals surface area contributed by atoms with Gasteiger partial charge in [0, 0.05) is 12.1 Å². The van der Waals surface area contributed by atoms with Gasteiger partial charge in [-0.05, 0) is 72.8 Å². The number of carboxylic acid groups (broad SMARTS) is 1. The lowest BCUT2D eigenvalue weighted by molar-refractivity contribution is -0.164. The van der Waals surface area contributed by atoms with Crippen LogP contribution in [-0.4, -0.2) is 46.7 Å². The van der Waals surface area contributed by atoms with Crippen LogP contribution in [0.25, 0.3) is 0 Å². The van der Waals surface area contributed by atoms with Crippen LogP contribution >= 0.6 is 25.9 Å². The van der Waals surface area contributed by atoms with Gasteiger partial charge in [-0.1, -0.05) is 84.9 Å². The highest BCUT2D eigenvalue weighted by Gasteiger charge is 2.42. The maximum absolute atomic E-state index is 13.6. The molecule has 1 atom stereocenters. The van der Waals surface area contributed by atoms with Crippen LogP contribution < -0.4 is 4.74 Å². The Labute approximate surface area is 271 Å². The van der Waals surface area contributed by atoms with Crippen molar-refractivity contribution in [1.29, 1.82) is 0 Å². The van der Waals surface area contributed by atoms with Gasteiger partial charge < -0.3 is 19.7 Å². The predicted octanol–water partition coefficient (Wildman–Crippen LogP) is 6.19. The SMILES string of the molecule is Cl.O=C(O)c1cccc(COc2cccc([C@](O)(C(=O)OCC3CCN(Cc4ccccc4)CC3)c3ccccc3)c2)c1.S. The molecule has 0 bridgehead atoms. The van der Waals surface area contributed by atoms with Crippen LogP contribution in [0.3, 0.4) is 0 Å². The van der Waals surface area contributed by atoms with Gasteiger partial charge >= 0.3 is 11.9 Å². The standard InChI is InChI=1S/C35H35NO6.ClH.H2S/c37-33(38)29-12-7-11-28(21-29)25-41-32-16-8-15-31(22-32)35(40,30-13-5-2-6-14-30)34(39)42-24-27-17-19-36(20-18-27)23-26-9-3-1-4-10-26;;/h1-16,21-22,27,40H,17-20,23-25H2,(H,37,38);1H;1H2/t35-;;/m0../s1. The van der Waals surface area contributed by atoms with Gasteiger partial charge in [0.25, 0.3) is 0 Å². The largest absolute Gasteiger partial charge is 0.489 e. The zero-order chi connectivity index (χ0) is 29.4. The Balaban J connectivity index is 0.00000264. The second kappa shape index (κ2) is 16.3. The number of hydrogen-bond donors (Lipinski definition) is 2. The van der Waals surface area contributed by atoms with Gasteiger partial charge in [-0.2, -0.15) is 13.5 Å². The summed E-state index contributed by atoms with van der Waals surface area (Å²) in [6.45, 7) is 3.12. The summed E-state index contributed by atoms with van der Waals surface area (Å²) in [5, 5.41) is 21.2. The number of likely N-dealkylation sites (tertiary alicyclic amines) is 1. The van der Waals surface area contributed by atoms with E-state index < -0.39 is 17.5 Å². The van der Waals surface area contributed by atoms with Crippen molar-refractivity contribution in [3.63, 3.8) is 0 Å². The molecule has 1 aliphatic rings. The first-order valence-corrected chi connectivity index (χ1v) is 14.2. The molecule has 4 aromatic rings. The molecule has 44 heavy (non-hydrogen) atoms. The van der Waals surface area contributed by atoms with E-state index in [9.17, 15) is 19.8 Å². The number of nitrogens with zero attached hydrogens (tertiary/aromatic N) is 1. The molecule has 0 aliphatic carbocycles. The molecular formula is C35H38ClNO6S. The van der Waals surface area contributed by atoms with E-state index in [1.165, 1.54) is 11.6 Å². The van der Waals surface area contributed by atoms with Crippen molar-refractivity contribution in [2.75, 3.05) is 19.7 Å². The van der Waals surface area contributed by atoms with E-state index in [-0.39, 0.29) is 50.6 Å². The maximum atomic E-state index is 13.6. The van der Waals surface area contributed by atoms with Gasteiger partial charge in [-0.25, -0.2) is 9.59 Å². The second-order valence-corrected chi connectivity index (χ2v) is 10.7. The Hall–Kier alpha value is -3.82. The lowest BCUT2D eigenvalue weighted by Gasteiger charge is -2.33. The van der Waals surface area contributed by atoms with E-state index in [1.54, 1.807) is 66.7 Å². The summed E-state index contributed by atoms with van der Waals surface area (Å²) in [7, 11) is 0. The number of aromatic carboxylic acids is 1. The monoisotopic (exact) mass is 635 g/mol. The minimum Gasteiger partial charge on any atom is -0.489 e. The summed E-state index contributed by atoms with van der Waals surface area (Å²) in [6, 6.07) is 32.4. The average Bonchev–Trinajstić information content (AvgIpc) is 3.04. The fraction of sp³-hybridized carbons (Fsp3) is 0.257. The number of ether oxygens (including phenoxy) is 2. The molecule has 0 unspecified atom stereocenters. The van der Waals surface area contributed by atoms with E-state index in [1.807, 2.05) is 12.1 Å². The zero-order valence-corrected chi connectivity index (χ0v) is 26.1. The Morgan fingerprint density at radius 1 is 0.795 bits per heavy atom. The average molecular weight is 636 g/mol. The first-order chi connectivity index (χ1) is 20.4. The van der Waals surface area contributed by atoms with E-state index >= 15 is 0 Å². The fourth-order valence-electron chi connectivity index (χ4n) is 5.30. The number of halogens is 1. The summed E-state index contributed by atoms with van der Waals surface area (Å²) in [4.78, 5) is 27.3. The van der Waals surface area contributed by atoms with E-state index in [0.717, 1.165) is 32.5 Å². The van der Waals surface area contributed by atoms with Crippen LogP contribution in [0, 0.1) is 5.92 Å². The van der Waals surface area contributed by atoms with Crippen LogP contribution in [0.1, 0.15) is 45.5 Å². The summed E-state index contributed by atoms with van der Waals surface area (Å²) in [6.07, 6.45) is 1.83. The summed E-state index contributed by atoms with van der Waals surface area (Å²) in [5.74, 6) is -1.09. The van der Waals surface area contributed by atoms with Crippen molar-refractivity contribution < 1.29 is 29.3 Å². The molecule has 0 radical (unpaired) electrons. The third-order valence-corrected chi connectivity index (χ3v) is 7.72. The highest BCUT2D eigenvalue weighted by atomic mass is 35.5. The van der Waals surface area contributed by atoms with Crippen molar-refractivity contribution in [2.45, 2.75) is 31.6 Å². The van der Waals surface area contributed by atoms with Crippen molar-refractivity contribution >= 4 is 37.8 Å². The lowest BCUT2D eigenvalue weighted by atomic mass is 9.86. The minimum absolute atomic E-state index is 0. The highest BCUT2D eigenvalue weighted by Crippen LogP contribution is 2.34. The summed E-state index contributed by atoms with van der Waals surface area (Å²) < 4.78 is 11.7. The van der Waals surface area contributed by atoms with Crippen LogP contribution in [0.2, 0.25) is 0 Å². The quantitative estimate of drug-likeness (QED) is 0.190. The molecule has 7 nitrogen and oxygen atoms in total. The Morgan fingerprint density at radius 3 is 2.09 bits per heavy atom. The van der Waals surface area contributed by atoms with Crippen LogP contribution in [-0.2, 0) is 28.3 Å². The molecule has 5 rings (SSSR count). The third-order valence-electron chi connectivity index (χ3n) is 7.72. The van der Waals surface area contributed by atoms with Gasteiger partial charge in [0.05, 0.1) is 12.2 Å². The number of carboxylic acids is 1. The number of piperidine rings is 1. The number of hydrogen-bond acceptors (Lipinski definition) is 6. The van der Waals surface area contributed by atoms with Gasteiger partial charge in [0.1, 0.15) is 12.4 Å². The molecule has 2 N–H and O–H groups in total. The Bertz CT molecular complexity index is 1500. The smallest absolute Gasteiger partial charge is 0.347 e. The molecular weight excluding hydrogens is 598 g/mol. The van der Waals surface area contributed by atoms with E-state index in [2.05, 4.69) is 29.2 Å². The number of benzene rings is 4. The second-order valence-electron chi connectivity index (χ2n) is 10.7. The Kier molecular flexibility index (Phi) is 12.8. The molecule has 0 spiro atoms. The topological polar surface area (TPSA) is 96.3 Å². The number of carbonyl (C=O) groups excluding carboxylic acids is 1. The molecule has 232 valence electrons. The van der Waals surface area contributed by atoms with E-state index in [4.69, 9.17) is 9.47 Å². The van der Waals surface area contributed by atoms with Crippen molar-refractivity contribution in [2.24, 2.45) is 5.92 Å². The molecule has 1 fully saturated rings. The van der Waals surface area contributed by atoms with Gasteiger partial charge in [-0.15, -0.1) is 12.4 Å². The van der Waals surface area contributed by atoms with Crippen molar-refractivity contribution in [1.82, 2.24) is 4.90 Å². The maximum Gasteiger partial charge on any atom is 0.347 e. The number of rotatable bonds is 11. The molecule has 1 heterocycles. The van der Waals surface area contributed by atoms with Gasteiger partial charge in [0.15, 0.2) is 0 Å². The molecule has 0 amide bonds. The summed E-state index contributed by atoms with van der Waals surface area (Å²) in [5.41, 5.74) is 0.848. The first-order valence-electron chi connectivity index (χ1n) is 14.2. The molecule has 1 aliphatic heterocycles. The molecule has 9 heteroatoms. The van der Waals surface area contributed by atoms with Crippen molar-refractivity contribution in [3.8, 4) is 5.75 Å². The molecule has 0 aromatic heterocycles. The molecule has 1 saturated heterocycles. The highest BCUT2D eigenvalue weighted by molar-refractivity contribution is 7.59. The zero-order valence-electron chi connectivity index (χ0n) is 24.3. The number of carbonyl (C=O) groups is 2. The van der Waals surface area contributed by atoms with Crippen LogP contribution in [0.4, 0.5) is 0 Å². The number of esters is 1. The van der Waals surface area contributed by atoms with Crippen LogP contribution in [0.5, 0.6) is 5.75 Å².